The van der Waals surface area contributed by atoms with E-state index in [1.807, 2.05) is 0 Å². The van der Waals surface area contributed by atoms with Gasteiger partial charge < -0.3 is 0 Å². The summed E-state index contributed by atoms with van der Waals surface area (Å²) in [5.41, 5.74) is 17.4. The van der Waals surface area contributed by atoms with Crippen LogP contribution in [0.2, 0.25) is 0 Å². The van der Waals surface area contributed by atoms with Gasteiger partial charge in [-0.1, -0.05) is 170 Å². The number of rotatable bonds is 6. The monoisotopic (exact) mass is 792 g/mol. The first-order chi connectivity index (χ1) is 30.7. The van der Waals surface area contributed by atoms with Crippen molar-refractivity contribution in [3.63, 3.8) is 0 Å². The molecule has 3 aliphatic carbocycles. The Labute approximate surface area is 362 Å². The highest BCUT2D eigenvalue weighted by molar-refractivity contribution is 6.04. The summed E-state index contributed by atoms with van der Waals surface area (Å²) in [4.78, 5) is 10.6. The van der Waals surface area contributed by atoms with E-state index < -0.39 is 5.41 Å². The van der Waals surface area contributed by atoms with E-state index in [1.54, 1.807) is 0 Å². The first-order valence-corrected chi connectivity index (χ1v) is 22.4. The first kappa shape index (κ1) is 35.6. The molecule has 0 aliphatic heterocycles. The van der Waals surface area contributed by atoms with Crippen LogP contribution in [0.4, 0.5) is 0 Å². The van der Waals surface area contributed by atoms with Crippen LogP contribution in [-0.4, -0.2) is 9.97 Å². The molecule has 2 nitrogen and oxygen atoms in total. The fourth-order valence-electron chi connectivity index (χ4n) is 12.0. The predicted octanol–water partition coefficient (Wildman–Crippen LogP) is 15.2. The number of pyridine rings is 2. The number of aromatic nitrogens is 2. The van der Waals surface area contributed by atoms with Gasteiger partial charge in [-0.05, 0) is 139 Å². The minimum absolute atomic E-state index is 0.523. The van der Waals surface area contributed by atoms with Gasteiger partial charge >= 0.3 is 0 Å². The lowest BCUT2D eigenvalue weighted by atomic mass is 9.67. The zero-order valence-electron chi connectivity index (χ0n) is 34.5. The number of hydrogen-bond acceptors (Lipinski definition) is 2. The molecule has 3 aliphatic rings. The number of benzene rings is 8. The Morgan fingerprint density at radius 2 is 1.15 bits per heavy atom. The van der Waals surface area contributed by atoms with E-state index in [1.165, 1.54) is 103 Å². The van der Waals surface area contributed by atoms with Crippen LogP contribution in [0.5, 0.6) is 0 Å². The Kier molecular flexibility index (Phi) is 8.00. The van der Waals surface area contributed by atoms with Gasteiger partial charge in [0.05, 0.1) is 22.1 Å². The van der Waals surface area contributed by atoms with E-state index >= 15 is 0 Å². The van der Waals surface area contributed by atoms with Crippen LogP contribution >= 0.6 is 0 Å². The van der Waals surface area contributed by atoms with E-state index in [-0.39, 0.29) is 0 Å². The quantitative estimate of drug-likeness (QED) is 0.157. The van der Waals surface area contributed by atoms with Crippen molar-refractivity contribution >= 4 is 32.6 Å². The Hall–Kier alpha value is -7.16. The number of nitrogens with zero attached hydrogens (tertiary/aromatic N) is 2. The molecule has 8 aromatic carbocycles. The second-order valence-corrected chi connectivity index (χ2v) is 18.1. The van der Waals surface area contributed by atoms with Gasteiger partial charge in [0.15, 0.2) is 0 Å². The first-order valence-electron chi connectivity index (χ1n) is 22.4. The van der Waals surface area contributed by atoms with Crippen molar-refractivity contribution < 1.29 is 0 Å². The Morgan fingerprint density at radius 3 is 1.95 bits per heavy atom. The van der Waals surface area contributed by atoms with Crippen LogP contribution in [0.3, 0.4) is 0 Å². The molecule has 2 aromatic heterocycles. The minimum atomic E-state index is -0.523. The third kappa shape index (κ3) is 5.42. The molecule has 2 heterocycles. The topological polar surface area (TPSA) is 25.8 Å². The molecule has 0 saturated heterocycles. The average molecular weight is 793 g/mol. The highest BCUT2D eigenvalue weighted by Gasteiger charge is 2.47. The van der Waals surface area contributed by atoms with Gasteiger partial charge in [0.25, 0.3) is 0 Å². The van der Waals surface area contributed by atoms with Crippen molar-refractivity contribution in [3.05, 3.63) is 228 Å². The molecule has 2 fully saturated rings. The van der Waals surface area contributed by atoms with Gasteiger partial charge in [0.1, 0.15) is 0 Å². The van der Waals surface area contributed by atoms with Crippen LogP contribution in [0.1, 0.15) is 59.4 Å². The Bertz CT molecular complexity index is 3350. The van der Waals surface area contributed by atoms with Crippen LogP contribution in [-0.2, 0) is 5.41 Å². The molecule has 13 rings (SSSR count). The molecular formula is C60H44N2. The van der Waals surface area contributed by atoms with Gasteiger partial charge in [-0.25, -0.2) is 4.98 Å². The molecule has 2 bridgehead atoms. The maximum atomic E-state index is 5.46. The van der Waals surface area contributed by atoms with E-state index in [0.717, 1.165) is 39.5 Å². The summed E-state index contributed by atoms with van der Waals surface area (Å²) < 4.78 is 0. The molecule has 3 atom stereocenters. The maximum Gasteiger partial charge on any atom is 0.0972 e. The lowest BCUT2D eigenvalue weighted by Crippen LogP contribution is -2.28. The zero-order valence-corrected chi connectivity index (χ0v) is 34.5. The summed E-state index contributed by atoms with van der Waals surface area (Å²) in [6.07, 6.45) is 7.67. The SMILES string of the molecule is c1ccc(C2(c3ccccc3)c3ccc(-c4ccc5ccc6cc(C7CC8CCC7C8)cnc6c5n4)cc3-c3c(-c4cccc(-c5ccc6ccccc6c5)c4)cccc32)cc1. The zero-order chi connectivity index (χ0) is 40.8. The number of hydrogen-bond donors (Lipinski definition) is 0. The summed E-state index contributed by atoms with van der Waals surface area (Å²) in [6, 6.07) is 72.1. The number of fused-ring (bicyclic) bond motifs is 9. The van der Waals surface area contributed by atoms with Crippen molar-refractivity contribution in [2.75, 3.05) is 0 Å². The van der Waals surface area contributed by atoms with E-state index in [2.05, 4.69) is 200 Å². The molecule has 0 N–H and O–H groups in total. The third-order valence-electron chi connectivity index (χ3n) is 14.8. The summed E-state index contributed by atoms with van der Waals surface area (Å²) in [7, 11) is 0. The van der Waals surface area contributed by atoms with Crippen molar-refractivity contribution in [3.8, 4) is 44.6 Å². The molecule has 2 heteroatoms. The van der Waals surface area contributed by atoms with E-state index in [4.69, 9.17) is 9.97 Å². The van der Waals surface area contributed by atoms with Crippen LogP contribution in [0.25, 0.3) is 77.2 Å². The minimum Gasteiger partial charge on any atom is -0.254 e. The van der Waals surface area contributed by atoms with Crippen molar-refractivity contribution in [2.24, 2.45) is 11.8 Å². The molecular weight excluding hydrogens is 749 g/mol. The standard InChI is InChI=1S/C60H44N2/c1-3-15-49(16-4-1)60(50-17-5-2-6-18-50)54-29-27-46(56-30-28-40-24-26-47-35-48(37-61-58(47)59(40)62-56)52-32-38-21-22-45(52)31-38)36-53(54)57-51(19-10-20-55(57)60)44-14-9-13-42(34-44)43-25-23-39-11-7-8-12-41(39)33-43/h1-20,23-30,33-38,45,52H,21-22,31-32H2. The second-order valence-electron chi connectivity index (χ2n) is 18.1. The lowest BCUT2D eigenvalue weighted by Gasteiger charge is -2.34. The molecule has 294 valence electrons. The highest BCUT2D eigenvalue weighted by atomic mass is 14.8. The maximum absolute atomic E-state index is 5.46. The molecule has 0 spiro atoms. The van der Waals surface area contributed by atoms with Gasteiger partial charge in [0, 0.05) is 22.5 Å². The smallest absolute Gasteiger partial charge is 0.0972 e. The van der Waals surface area contributed by atoms with Crippen molar-refractivity contribution in [1.82, 2.24) is 9.97 Å². The normalized spacial score (nSPS) is 18.4. The molecule has 10 aromatic rings. The molecule has 3 unspecified atom stereocenters. The predicted molar refractivity (Wildman–Crippen MR) is 256 cm³/mol. The fourth-order valence-corrected chi connectivity index (χ4v) is 12.0. The summed E-state index contributed by atoms with van der Waals surface area (Å²) in [5, 5.41) is 4.81. The van der Waals surface area contributed by atoms with Gasteiger partial charge in [-0.15, -0.1) is 0 Å². The largest absolute Gasteiger partial charge is 0.254 e. The van der Waals surface area contributed by atoms with Crippen molar-refractivity contribution in [2.45, 2.75) is 37.0 Å². The Morgan fingerprint density at radius 1 is 0.435 bits per heavy atom. The second kappa shape index (κ2) is 13.9. The highest BCUT2D eigenvalue weighted by Crippen LogP contribution is 2.59. The van der Waals surface area contributed by atoms with Gasteiger partial charge in [-0.2, -0.15) is 0 Å². The van der Waals surface area contributed by atoms with Crippen LogP contribution < -0.4 is 0 Å². The summed E-state index contributed by atoms with van der Waals surface area (Å²) in [5.74, 6) is 2.38. The average Bonchev–Trinajstić information content (AvgIpc) is 4.07. The van der Waals surface area contributed by atoms with E-state index in [0.29, 0.717) is 5.92 Å². The van der Waals surface area contributed by atoms with Crippen LogP contribution in [0, 0.1) is 11.8 Å². The molecule has 2 saturated carbocycles. The van der Waals surface area contributed by atoms with E-state index in [9.17, 15) is 0 Å². The van der Waals surface area contributed by atoms with Gasteiger partial charge in [0.2, 0.25) is 0 Å². The van der Waals surface area contributed by atoms with Gasteiger partial charge in [-0.3, -0.25) is 4.98 Å². The van der Waals surface area contributed by atoms with Crippen LogP contribution in [0.15, 0.2) is 200 Å². The Balaban J connectivity index is 1.00. The molecule has 0 radical (unpaired) electrons. The fraction of sp³-hybridized carbons (Fsp3) is 0.133. The lowest BCUT2D eigenvalue weighted by molar-refractivity contribution is 0.419. The van der Waals surface area contributed by atoms with Crippen molar-refractivity contribution in [1.29, 1.82) is 0 Å². The summed E-state index contributed by atoms with van der Waals surface area (Å²) >= 11 is 0. The molecule has 62 heavy (non-hydrogen) atoms. The summed E-state index contributed by atoms with van der Waals surface area (Å²) in [6.45, 7) is 0. The third-order valence-corrected chi connectivity index (χ3v) is 14.8. The molecule has 0 amide bonds.